The average Bonchev–Trinajstić information content (AvgIpc) is 3.15. The first-order chi connectivity index (χ1) is 13.6. The molecule has 0 aliphatic carbocycles. The Labute approximate surface area is 166 Å². The van der Waals surface area contributed by atoms with Crippen molar-refractivity contribution in [3.8, 4) is 0 Å². The van der Waals surface area contributed by atoms with Crippen molar-refractivity contribution in [2.24, 2.45) is 5.73 Å². The van der Waals surface area contributed by atoms with Crippen LogP contribution in [0.25, 0.3) is 0 Å². The number of hydrogen-bond acceptors (Lipinski definition) is 4. The number of carbonyl (C=O) groups is 2. The smallest absolute Gasteiger partial charge is 0.220 e. The Hall–Kier alpha value is -2.70. The summed E-state index contributed by atoms with van der Waals surface area (Å²) in [6, 6.07) is 9.58. The Kier molecular flexibility index (Phi) is 9.18. The number of rotatable bonds is 13. The number of nitrogens with two attached hydrogens (primary N) is 1. The Morgan fingerprint density at radius 1 is 1.14 bits per heavy atom. The van der Waals surface area contributed by atoms with Gasteiger partial charge in [0.15, 0.2) is 0 Å². The quantitative estimate of drug-likeness (QED) is 0.517. The molecule has 1 atom stereocenters. The highest BCUT2D eigenvalue weighted by atomic mass is 16.2. The van der Waals surface area contributed by atoms with Gasteiger partial charge in [0.2, 0.25) is 11.8 Å². The SMILES string of the molecule is CCCCCCCC(=O)N[C@H](CC(N)=O)c1cn(CCc2ccccc2)nn1. The third-order valence-corrected chi connectivity index (χ3v) is 4.63. The number of amides is 2. The summed E-state index contributed by atoms with van der Waals surface area (Å²) in [4.78, 5) is 23.7. The summed E-state index contributed by atoms with van der Waals surface area (Å²) in [5.41, 5.74) is 7.13. The molecule has 1 aromatic heterocycles. The van der Waals surface area contributed by atoms with Crippen molar-refractivity contribution >= 4 is 11.8 Å². The van der Waals surface area contributed by atoms with Crippen molar-refractivity contribution in [1.29, 1.82) is 0 Å². The zero-order valence-corrected chi connectivity index (χ0v) is 16.6. The second-order valence-electron chi connectivity index (χ2n) is 7.10. The van der Waals surface area contributed by atoms with Crippen LogP contribution in [0.5, 0.6) is 0 Å². The maximum absolute atomic E-state index is 12.2. The van der Waals surface area contributed by atoms with E-state index >= 15 is 0 Å². The summed E-state index contributed by atoms with van der Waals surface area (Å²) in [6.45, 7) is 2.83. The number of nitrogens with one attached hydrogen (secondary N) is 1. The van der Waals surface area contributed by atoms with E-state index in [4.69, 9.17) is 5.73 Å². The third-order valence-electron chi connectivity index (χ3n) is 4.63. The van der Waals surface area contributed by atoms with Crippen LogP contribution in [-0.2, 0) is 22.6 Å². The molecule has 7 heteroatoms. The summed E-state index contributed by atoms with van der Waals surface area (Å²) in [7, 11) is 0. The van der Waals surface area contributed by atoms with Crippen LogP contribution >= 0.6 is 0 Å². The van der Waals surface area contributed by atoms with Gasteiger partial charge >= 0.3 is 0 Å². The van der Waals surface area contributed by atoms with Crippen LogP contribution < -0.4 is 11.1 Å². The van der Waals surface area contributed by atoms with Crippen LogP contribution in [0.2, 0.25) is 0 Å². The fraction of sp³-hybridized carbons (Fsp3) is 0.524. The van der Waals surface area contributed by atoms with Crippen molar-refractivity contribution in [1.82, 2.24) is 20.3 Å². The summed E-state index contributed by atoms with van der Waals surface area (Å²) < 4.78 is 1.73. The van der Waals surface area contributed by atoms with E-state index in [1.54, 1.807) is 10.9 Å². The molecule has 0 aliphatic heterocycles. The van der Waals surface area contributed by atoms with Gasteiger partial charge < -0.3 is 11.1 Å². The lowest BCUT2D eigenvalue weighted by Gasteiger charge is -2.14. The fourth-order valence-corrected chi connectivity index (χ4v) is 3.06. The van der Waals surface area contributed by atoms with Gasteiger partial charge in [0.25, 0.3) is 0 Å². The summed E-state index contributed by atoms with van der Waals surface area (Å²) >= 11 is 0. The lowest BCUT2D eigenvalue weighted by Crippen LogP contribution is -2.31. The van der Waals surface area contributed by atoms with Crippen molar-refractivity contribution in [2.45, 2.75) is 70.9 Å². The minimum absolute atomic E-state index is 0.0129. The van der Waals surface area contributed by atoms with E-state index in [1.165, 1.54) is 18.4 Å². The van der Waals surface area contributed by atoms with E-state index in [0.717, 1.165) is 25.7 Å². The lowest BCUT2D eigenvalue weighted by molar-refractivity contribution is -0.122. The number of unbranched alkanes of at least 4 members (excludes halogenated alkanes) is 4. The molecule has 2 amide bonds. The molecule has 0 unspecified atom stereocenters. The molecule has 0 aliphatic rings. The molecule has 152 valence electrons. The van der Waals surface area contributed by atoms with E-state index < -0.39 is 11.9 Å². The monoisotopic (exact) mass is 385 g/mol. The molecule has 2 rings (SSSR count). The molecule has 2 aromatic rings. The number of nitrogens with zero attached hydrogens (tertiary/aromatic N) is 3. The van der Waals surface area contributed by atoms with Gasteiger partial charge in [-0.25, -0.2) is 0 Å². The number of carbonyl (C=O) groups excluding carboxylic acids is 2. The zero-order valence-electron chi connectivity index (χ0n) is 16.6. The van der Waals surface area contributed by atoms with Crippen LogP contribution in [0.3, 0.4) is 0 Å². The predicted octanol–water partition coefficient (Wildman–Crippen LogP) is 2.91. The van der Waals surface area contributed by atoms with Crippen molar-refractivity contribution in [3.63, 3.8) is 0 Å². The highest BCUT2D eigenvalue weighted by Gasteiger charge is 2.20. The molecule has 0 fully saturated rings. The molecule has 0 bridgehead atoms. The minimum atomic E-state index is -0.536. The Balaban J connectivity index is 1.88. The lowest BCUT2D eigenvalue weighted by atomic mass is 10.1. The first-order valence-electron chi connectivity index (χ1n) is 10.1. The van der Waals surface area contributed by atoms with Gasteiger partial charge in [-0.1, -0.05) is 68.2 Å². The normalized spacial score (nSPS) is 11.9. The van der Waals surface area contributed by atoms with E-state index in [2.05, 4.69) is 34.7 Å². The summed E-state index contributed by atoms with van der Waals surface area (Å²) in [6.07, 6.45) is 8.46. The van der Waals surface area contributed by atoms with E-state index in [1.807, 2.05) is 18.2 Å². The van der Waals surface area contributed by atoms with Gasteiger partial charge in [0.1, 0.15) is 5.69 Å². The van der Waals surface area contributed by atoms with Gasteiger partial charge in [-0.3, -0.25) is 14.3 Å². The Bertz CT molecular complexity index is 729. The topological polar surface area (TPSA) is 103 Å². The molecular formula is C21H31N5O2. The molecule has 28 heavy (non-hydrogen) atoms. The van der Waals surface area contributed by atoms with Crippen LogP contribution in [0.4, 0.5) is 0 Å². The van der Waals surface area contributed by atoms with Gasteiger partial charge in [-0.2, -0.15) is 0 Å². The van der Waals surface area contributed by atoms with Crippen molar-refractivity contribution in [2.75, 3.05) is 0 Å². The molecule has 0 saturated heterocycles. The van der Waals surface area contributed by atoms with Crippen LogP contribution in [0.1, 0.15) is 69.2 Å². The molecule has 1 aromatic carbocycles. The molecule has 0 saturated carbocycles. The maximum atomic E-state index is 12.2. The van der Waals surface area contributed by atoms with E-state index in [0.29, 0.717) is 18.7 Å². The highest BCUT2D eigenvalue weighted by molar-refractivity contribution is 5.79. The second-order valence-corrected chi connectivity index (χ2v) is 7.10. The average molecular weight is 386 g/mol. The van der Waals surface area contributed by atoms with Gasteiger partial charge in [-0.05, 0) is 18.4 Å². The third kappa shape index (κ3) is 7.90. The maximum Gasteiger partial charge on any atom is 0.220 e. The van der Waals surface area contributed by atoms with Gasteiger partial charge in [0, 0.05) is 13.0 Å². The van der Waals surface area contributed by atoms with Crippen LogP contribution in [0.15, 0.2) is 36.5 Å². The largest absolute Gasteiger partial charge is 0.370 e. The van der Waals surface area contributed by atoms with Crippen LogP contribution in [-0.4, -0.2) is 26.8 Å². The molecule has 0 spiro atoms. The van der Waals surface area contributed by atoms with Gasteiger partial charge in [0.05, 0.1) is 18.7 Å². The summed E-state index contributed by atoms with van der Waals surface area (Å²) in [5, 5.41) is 11.2. The second kappa shape index (κ2) is 11.9. The molecular weight excluding hydrogens is 354 g/mol. The van der Waals surface area contributed by atoms with Crippen molar-refractivity contribution in [3.05, 3.63) is 47.8 Å². The first-order valence-corrected chi connectivity index (χ1v) is 10.1. The minimum Gasteiger partial charge on any atom is -0.370 e. The Morgan fingerprint density at radius 3 is 2.61 bits per heavy atom. The zero-order chi connectivity index (χ0) is 20.2. The molecule has 7 nitrogen and oxygen atoms in total. The predicted molar refractivity (Wildman–Crippen MR) is 108 cm³/mol. The molecule has 3 N–H and O–H groups in total. The number of aryl methyl sites for hydroxylation is 2. The van der Waals surface area contributed by atoms with Gasteiger partial charge in [-0.15, -0.1) is 5.10 Å². The summed E-state index contributed by atoms with van der Waals surface area (Å²) in [5.74, 6) is -0.561. The van der Waals surface area contributed by atoms with Crippen LogP contribution in [0, 0.1) is 0 Å². The number of hydrogen-bond donors (Lipinski definition) is 2. The number of aromatic nitrogens is 3. The van der Waals surface area contributed by atoms with E-state index in [9.17, 15) is 9.59 Å². The number of benzene rings is 1. The van der Waals surface area contributed by atoms with E-state index in [-0.39, 0.29) is 12.3 Å². The first kappa shape index (κ1) is 21.6. The standard InChI is InChI=1S/C21H31N5O2/c1-2-3-4-5-9-12-21(28)23-18(15-20(22)27)19-16-26(25-24-19)14-13-17-10-7-6-8-11-17/h6-8,10-11,16,18H,2-5,9,12-15H2,1H3,(H2,22,27)(H,23,28)/t18-/m1/s1. The highest BCUT2D eigenvalue weighted by Crippen LogP contribution is 2.15. The number of primary amides is 1. The molecule has 1 heterocycles. The molecule has 0 radical (unpaired) electrons. The Morgan fingerprint density at radius 2 is 1.89 bits per heavy atom. The van der Waals surface area contributed by atoms with Crippen molar-refractivity contribution < 1.29 is 9.59 Å². The fourth-order valence-electron chi connectivity index (χ4n) is 3.06.